The van der Waals surface area contributed by atoms with Gasteiger partial charge in [-0.25, -0.2) is 14.6 Å². The Hall–Kier alpha value is -3.52. The van der Waals surface area contributed by atoms with E-state index in [-0.39, 0.29) is 17.4 Å². The Morgan fingerprint density at radius 2 is 1.81 bits per heavy atom. The zero-order valence-corrected chi connectivity index (χ0v) is 17.8. The number of hydrogen-bond donors (Lipinski definition) is 1. The summed E-state index contributed by atoms with van der Waals surface area (Å²) >= 11 is 1.36. The van der Waals surface area contributed by atoms with Crippen LogP contribution in [0.25, 0.3) is 16.7 Å². The Kier molecular flexibility index (Phi) is 6.37. The molecule has 1 N–H and O–H groups in total. The Bertz CT molecular complexity index is 1210. The lowest BCUT2D eigenvalue weighted by atomic mass is 10.1. The van der Waals surface area contributed by atoms with Gasteiger partial charge in [-0.3, -0.25) is 9.59 Å². The number of anilines is 1. The highest BCUT2D eigenvalue weighted by molar-refractivity contribution is 8.00. The summed E-state index contributed by atoms with van der Waals surface area (Å²) in [5, 5.41) is 8.78. The van der Waals surface area contributed by atoms with Crippen molar-refractivity contribution in [3.8, 4) is 5.69 Å². The van der Waals surface area contributed by atoms with Gasteiger partial charge in [0, 0.05) is 17.7 Å². The van der Waals surface area contributed by atoms with E-state index in [1.165, 1.54) is 18.1 Å². The molecule has 0 spiro atoms. The molecule has 0 bridgehead atoms. The number of rotatable bonds is 8. The molecule has 0 saturated carbocycles. The predicted molar refractivity (Wildman–Crippen MR) is 122 cm³/mol. The van der Waals surface area contributed by atoms with Gasteiger partial charge in [0.15, 0.2) is 11.4 Å². The first-order valence-electron chi connectivity index (χ1n) is 9.96. The molecule has 0 radical (unpaired) electrons. The summed E-state index contributed by atoms with van der Waals surface area (Å²) in [5.41, 5.74) is 2.89. The molecule has 4 rings (SSSR count). The number of thioether (sulfide) groups is 1. The van der Waals surface area contributed by atoms with Crippen LogP contribution in [0.1, 0.15) is 30.1 Å². The van der Waals surface area contributed by atoms with Gasteiger partial charge >= 0.3 is 0 Å². The molecule has 2 heterocycles. The number of aromatic nitrogens is 4. The van der Waals surface area contributed by atoms with Gasteiger partial charge in [0.1, 0.15) is 11.4 Å². The lowest BCUT2D eigenvalue weighted by Crippen LogP contribution is -2.10. The number of hydrogen-bond acceptors (Lipinski definition) is 6. The maximum absolute atomic E-state index is 12.6. The summed E-state index contributed by atoms with van der Waals surface area (Å²) in [6, 6.07) is 16.7. The SMILES string of the molecule is CCCC(=O)Nc1ccc(C(=O)CSc2ncnc3c2cnn3-c2ccccc2)cc1. The van der Waals surface area contributed by atoms with Crippen molar-refractivity contribution in [1.82, 2.24) is 19.7 Å². The molecule has 1 amide bonds. The van der Waals surface area contributed by atoms with Crippen molar-refractivity contribution in [2.75, 3.05) is 11.1 Å². The number of Topliss-reactive ketones (excluding diaryl/α,β-unsaturated/α-hetero) is 1. The molecular weight excluding hydrogens is 410 g/mol. The zero-order valence-electron chi connectivity index (χ0n) is 17.0. The van der Waals surface area contributed by atoms with Crippen LogP contribution in [-0.2, 0) is 4.79 Å². The van der Waals surface area contributed by atoms with Crippen LogP contribution in [0.3, 0.4) is 0 Å². The molecule has 0 aliphatic rings. The molecule has 7 nitrogen and oxygen atoms in total. The zero-order chi connectivity index (χ0) is 21.6. The number of benzene rings is 2. The molecule has 8 heteroatoms. The van der Waals surface area contributed by atoms with E-state index in [2.05, 4.69) is 20.4 Å². The third kappa shape index (κ3) is 4.80. The lowest BCUT2D eigenvalue weighted by molar-refractivity contribution is -0.116. The number of amides is 1. The van der Waals surface area contributed by atoms with Crippen LogP contribution < -0.4 is 5.32 Å². The molecule has 0 saturated heterocycles. The fourth-order valence-corrected chi connectivity index (χ4v) is 3.96. The first kappa shape index (κ1) is 20.7. The van der Waals surface area contributed by atoms with Gasteiger partial charge < -0.3 is 5.32 Å². The number of carbonyl (C=O) groups excluding carboxylic acids is 2. The van der Waals surface area contributed by atoms with Crippen molar-refractivity contribution < 1.29 is 9.59 Å². The Morgan fingerprint density at radius 1 is 1.03 bits per heavy atom. The maximum Gasteiger partial charge on any atom is 0.224 e. The largest absolute Gasteiger partial charge is 0.326 e. The topological polar surface area (TPSA) is 89.8 Å². The Morgan fingerprint density at radius 3 is 2.55 bits per heavy atom. The molecule has 0 aliphatic heterocycles. The summed E-state index contributed by atoms with van der Waals surface area (Å²) < 4.78 is 1.76. The molecule has 0 unspecified atom stereocenters. The van der Waals surface area contributed by atoms with E-state index in [1.807, 2.05) is 37.3 Å². The third-order valence-corrected chi connectivity index (χ3v) is 5.64. The predicted octanol–water partition coefficient (Wildman–Crippen LogP) is 4.53. The fraction of sp³-hybridized carbons (Fsp3) is 0.174. The second kappa shape index (κ2) is 9.53. The minimum absolute atomic E-state index is 0.0151. The van der Waals surface area contributed by atoms with E-state index in [4.69, 9.17) is 0 Å². The van der Waals surface area contributed by atoms with Crippen molar-refractivity contribution in [3.63, 3.8) is 0 Å². The number of nitrogens with one attached hydrogen (secondary N) is 1. The number of carbonyl (C=O) groups is 2. The Balaban J connectivity index is 1.45. The average Bonchev–Trinajstić information content (AvgIpc) is 3.23. The molecule has 0 fully saturated rings. The van der Waals surface area contributed by atoms with Gasteiger partial charge in [-0.05, 0) is 42.8 Å². The van der Waals surface area contributed by atoms with Gasteiger partial charge in [0.2, 0.25) is 5.91 Å². The van der Waals surface area contributed by atoms with E-state index in [0.29, 0.717) is 28.3 Å². The highest BCUT2D eigenvalue weighted by Crippen LogP contribution is 2.26. The van der Waals surface area contributed by atoms with Gasteiger partial charge in [0.05, 0.1) is 23.0 Å². The minimum atomic E-state index is -0.0269. The van der Waals surface area contributed by atoms with Crippen LogP contribution in [0.5, 0.6) is 0 Å². The van der Waals surface area contributed by atoms with Crippen LogP contribution in [0, 0.1) is 0 Å². The van der Waals surface area contributed by atoms with Gasteiger partial charge in [0.25, 0.3) is 0 Å². The fourth-order valence-electron chi connectivity index (χ4n) is 3.10. The van der Waals surface area contributed by atoms with Crippen molar-refractivity contribution in [3.05, 3.63) is 72.7 Å². The second-order valence-corrected chi connectivity index (χ2v) is 7.86. The number of ketones is 1. The number of para-hydroxylation sites is 1. The van der Waals surface area contributed by atoms with Crippen molar-refractivity contribution in [2.24, 2.45) is 0 Å². The van der Waals surface area contributed by atoms with E-state index in [0.717, 1.165) is 17.5 Å². The van der Waals surface area contributed by atoms with E-state index in [9.17, 15) is 9.59 Å². The highest BCUT2D eigenvalue weighted by atomic mass is 32.2. The van der Waals surface area contributed by atoms with Crippen LogP contribution in [0.2, 0.25) is 0 Å². The normalized spacial score (nSPS) is 10.9. The third-order valence-electron chi connectivity index (χ3n) is 4.64. The second-order valence-electron chi connectivity index (χ2n) is 6.90. The quantitative estimate of drug-likeness (QED) is 0.250. The van der Waals surface area contributed by atoms with Crippen molar-refractivity contribution in [1.29, 1.82) is 0 Å². The summed E-state index contributed by atoms with van der Waals surface area (Å²) in [5.74, 6) is 0.198. The van der Waals surface area contributed by atoms with E-state index >= 15 is 0 Å². The highest BCUT2D eigenvalue weighted by Gasteiger charge is 2.14. The Labute approximate surface area is 183 Å². The summed E-state index contributed by atoms with van der Waals surface area (Å²) in [4.78, 5) is 33.0. The molecule has 31 heavy (non-hydrogen) atoms. The molecular formula is C23H21N5O2S. The van der Waals surface area contributed by atoms with Crippen LogP contribution in [-0.4, -0.2) is 37.2 Å². The standard InChI is InChI=1S/C23H21N5O2S/c1-2-6-21(30)27-17-11-9-16(10-12-17)20(29)14-31-23-19-13-26-28(22(19)24-15-25-23)18-7-4-3-5-8-18/h3-5,7-13,15H,2,6,14H2,1H3,(H,27,30). The number of fused-ring (bicyclic) bond motifs is 1. The summed E-state index contributed by atoms with van der Waals surface area (Å²) in [6.07, 6.45) is 4.48. The first-order valence-corrected chi connectivity index (χ1v) is 10.9. The van der Waals surface area contributed by atoms with Crippen molar-refractivity contribution in [2.45, 2.75) is 24.8 Å². The minimum Gasteiger partial charge on any atom is -0.326 e. The van der Waals surface area contributed by atoms with Crippen LogP contribution >= 0.6 is 11.8 Å². The molecule has 2 aromatic carbocycles. The summed E-state index contributed by atoms with van der Waals surface area (Å²) in [6.45, 7) is 1.96. The molecule has 156 valence electrons. The molecule has 0 atom stereocenters. The van der Waals surface area contributed by atoms with Gasteiger partial charge in [-0.1, -0.05) is 36.9 Å². The average molecular weight is 432 g/mol. The monoisotopic (exact) mass is 431 g/mol. The van der Waals surface area contributed by atoms with E-state index < -0.39 is 0 Å². The molecule has 4 aromatic rings. The smallest absolute Gasteiger partial charge is 0.224 e. The summed E-state index contributed by atoms with van der Waals surface area (Å²) in [7, 11) is 0. The maximum atomic E-state index is 12.6. The lowest BCUT2D eigenvalue weighted by Gasteiger charge is -2.06. The van der Waals surface area contributed by atoms with E-state index in [1.54, 1.807) is 35.1 Å². The number of nitrogens with zero attached hydrogens (tertiary/aromatic N) is 4. The van der Waals surface area contributed by atoms with Crippen LogP contribution in [0.15, 0.2) is 72.1 Å². The van der Waals surface area contributed by atoms with Crippen LogP contribution in [0.4, 0.5) is 5.69 Å². The first-order chi connectivity index (χ1) is 15.2. The van der Waals surface area contributed by atoms with Crippen molar-refractivity contribution >= 4 is 40.2 Å². The molecule has 2 aromatic heterocycles. The van der Waals surface area contributed by atoms with Gasteiger partial charge in [-0.2, -0.15) is 5.10 Å². The van der Waals surface area contributed by atoms with Gasteiger partial charge in [-0.15, -0.1) is 0 Å². The molecule has 0 aliphatic carbocycles.